The Hall–Kier alpha value is -1.53. The summed E-state index contributed by atoms with van der Waals surface area (Å²) in [6.45, 7) is 2.17. The van der Waals surface area contributed by atoms with Gasteiger partial charge in [-0.3, -0.25) is 0 Å². The van der Waals surface area contributed by atoms with E-state index in [1.807, 2.05) is 0 Å². The number of alkyl halides is 1. The first-order valence-corrected chi connectivity index (χ1v) is 9.86. The first kappa shape index (κ1) is 17.3. The van der Waals surface area contributed by atoms with Gasteiger partial charge < -0.3 is 0 Å². The predicted octanol–water partition coefficient (Wildman–Crippen LogP) is 7.29. The van der Waals surface area contributed by atoms with Crippen LogP contribution in [0.25, 0.3) is 21.5 Å². The van der Waals surface area contributed by atoms with E-state index >= 15 is 0 Å². The number of hydrogen-bond acceptors (Lipinski definition) is 0. The third kappa shape index (κ3) is 3.75. The number of unbranched alkanes of at least 4 members (excludes halogenated alkanes) is 2. The van der Waals surface area contributed by atoms with E-state index < -0.39 is 0 Å². The summed E-state index contributed by atoms with van der Waals surface area (Å²) >= 11 is 5.38. The monoisotopic (exact) mass is 338 g/mol. The fourth-order valence-corrected chi connectivity index (χ4v) is 3.88. The van der Waals surface area contributed by atoms with Crippen LogP contribution in [0, 0.1) is 0 Å². The first-order chi connectivity index (χ1) is 11.8. The van der Waals surface area contributed by atoms with E-state index in [0.717, 1.165) is 5.88 Å². The van der Waals surface area contributed by atoms with Gasteiger partial charge in [-0.2, -0.15) is 0 Å². The van der Waals surface area contributed by atoms with Crippen LogP contribution in [0.1, 0.15) is 50.2 Å². The summed E-state index contributed by atoms with van der Waals surface area (Å²) in [6, 6.07) is 18.0. The van der Waals surface area contributed by atoms with E-state index in [2.05, 4.69) is 55.5 Å². The molecule has 1 heteroatoms. The van der Waals surface area contributed by atoms with Crippen LogP contribution < -0.4 is 0 Å². The van der Waals surface area contributed by atoms with Crippen molar-refractivity contribution in [1.29, 1.82) is 0 Å². The molecule has 4 rings (SSSR count). The maximum absolute atomic E-state index is 5.38. The Balaban J connectivity index is 0.000000246. The van der Waals surface area contributed by atoms with E-state index in [9.17, 15) is 0 Å². The number of halogens is 1. The van der Waals surface area contributed by atoms with Gasteiger partial charge in [-0.1, -0.05) is 68.3 Å². The molecule has 0 amide bonds. The van der Waals surface area contributed by atoms with Gasteiger partial charge in [-0.05, 0) is 64.8 Å². The van der Waals surface area contributed by atoms with Gasteiger partial charge in [0.1, 0.15) is 0 Å². The summed E-state index contributed by atoms with van der Waals surface area (Å²) in [4.78, 5) is 0. The largest absolute Gasteiger partial charge is 0.127 e. The van der Waals surface area contributed by atoms with Crippen LogP contribution >= 0.6 is 11.6 Å². The van der Waals surface area contributed by atoms with Crippen molar-refractivity contribution in [3.05, 3.63) is 59.7 Å². The van der Waals surface area contributed by atoms with Crippen LogP contribution in [0.5, 0.6) is 0 Å². The van der Waals surface area contributed by atoms with E-state index in [0.29, 0.717) is 0 Å². The van der Waals surface area contributed by atoms with Gasteiger partial charge in [-0.25, -0.2) is 0 Å². The van der Waals surface area contributed by atoms with Crippen LogP contribution in [-0.4, -0.2) is 5.88 Å². The molecule has 3 aromatic rings. The fourth-order valence-electron chi connectivity index (χ4n) is 3.69. The molecule has 0 N–H and O–H groups in total. The van der Waals surface area contributed by atoms with Gasteiger partial charge in [0.15, 0.2) is 0 Å². The summed E-state index contributed by atoms with van der Waals surface area (Å²) in [7, 11) is 0. The molecule has 3 aromatic carbocycles. The van der Waals surface area contributed by atoms with Crippen LogP contribution in [0.2, 0.25) is 0 Å². The number of rotatable bonds is 3. The molecule has 0 aromatic heterocycles. The lowest BCUT2D eigenvalue weighted by Gasteiger charge is -2.18. The molecule has 0 nitrogen and oxygen atoms in total. The molecular weight excluding hydrogens is 312 g/mol. The maximum atomic E-state index is 5.38. The van der Waals surface area contributed by atoms with Crippen molar-refractivity contribution in [3.63, 3.8) is 0 Å². The average molecular weight is 339 g/mol. The second-order valence-corrected chi connectivity index (χ2v) is 7.07. The Labute approximate surface area is 150 Å². The lowest BCUT2D eigenvalue weighted by atomic mass is 9.86. The molecule has 0 bridgehead atoms. The van der Waals surface area contributed by atoms with Crippen molar-refractivity contribution in [1.82, 2.24) is 0 Å². The van der Waals surface area contributed by atoms with Gasteiger partial charge in [0.05, 0.1) is 0 Å². The topological polar surface area (TPSA) is 0 Å². The number of aryl methyl sites for hydroxylation is 2. The van der Waals surface area contributed by atoms with E-state index in [4.69, 9.17) is 11.6 Å². The Morgan fingerprint density at radius 3 is 2.38 bits per heavy atom. The Kier molecular flexibility index (Phi) is 6.15. The van der Waals surface area contributed by atoms with Crippen molar-refractivity contribution < 1.29 is 0 Å². The zero-order chi connectivity index (χ0) is 16.8. The van der Waals surface area contributed by atoms with Crippen molar-refractivity contribution in [2.24, 2.45) is 0 Å². The molecule has 126 valence electrons. The molecule has 0 fully saturated rings. The van der Waals surface area contributed by atoms with Gasteiger partial charge in [0.25, 0.3) is 0 Å². The average Bonchev–Trinajstić information content (AvgIpc) is 2.66. The normalized spacial score (nSPS) is 13.4. The van der Waals surface area contributed by atoms with Crippen molar-refractivity contribution in [2.45, 2.75) is 51.9 Å². The summed E-state index contributed by atoms with van der Waals surface area (Å²) in [5, 5.41) is 5.64. The van der Waals surface area contributed by atoms with E-state index in [-0.39, 0.29) is 0 Å². The number of benzene rings is 3. The van der Waals surface area contributed by atoms with Gasteiger partial charge in [-0.15, -0.1) is 11.6 Å². The Bertz CT molecular complexity index is 800. The van der Waals surface area contributed by atoms with Crippen molar-refractivity contribution in [3.8, 4) is 0 Å². The molecule has 0 heterocycles. The molecule has 0 saturated heterocycles. The van der Waals surface area contributed by atoms with Crippen LogP contribution in [-0.2, 0) is 12.8 Å². The van der Waals surface area contributed by atoms with Gasteiger partial charge >= 0.3 is 0 Å². The molecule has 24 heavy (non-hydrogen) atoms. The third-order valence-corrected chi connectivity index (χ3v) is 5.26. The summed E-state index contributed by atoms with van der Waals surface area (Å²) in [6.07, 6.45) is 8.95. The SMILES string of the molecule is CCCCCCl.c1ccc2c(c1)ccc1c3c(ccc12)CCCC3. The van der Waals surface area contributed by atoms with Crippen LogP contribution in [0.15, 0.2) is 48.5 Å². The second-order valence-electron chi connectivity index (χ2n) is 6.69. The minimum absolute atomic E-state index is 0.827. The molecule has 0 aliphatic heterocycles. The van der Waals surface area contributed by atoms with Crippen LogP contribution in [0.3, 0.4) is 0 Å². The molecule has 1 aliphatic carbocycles. The molecule has 0 saturated carbocycles. The summed E-state index contributed by atoms with van der Waals surface area (Å²) < 4.78 is 0. The van der Waals surface area contributed by atoms with E-state index in [1.54, 1.807) is 11.1 Å². The molecule has 0 atom stereocenters. The predicted molar refractivity (Wildman–Crippen MR) is 108 cm³/mol. The highest BCUT2D eigenvalue weighted by Crippen LogP contribution is 2.33. The highest BCUT2D eigenvalue weighted by atomic mass is 35.5. The zero-order valence-electron chi connectivity index (χ0n) is 14.7. The molecule has 0 unspecified atom stereocenters. The Morgan fingerprint density at radius 1 is 0.792 bits per heavy atom. The minimum Gasteiger partial charge on any atom is -0.127 e. The lowest BCUT2D eigenvalue weighted by Crippen LogP contribution is -2.02. The fraction of sp³-hybridized carbons (Fsp3) is 0.391. The number of fused-ring (bicyclic) bond motifs is 5. The highest BCUT2D eigenvalue weighted by molar-refractivity contribution is 6.17. The molecular formula is C23H27Cl. The smallest absolute Gasteiger partial charge is 0.0223 e. The highest BCUT2D eigenvalue weighted by Gasteiger charge is 2.13. The van der Waals surface area contributed by atoms with Crippen molar-refractivity contribution in [2.75, 3.05) is 5.88 Å². The summed E-state index contributed by atoms with van der Waals surface area (Å²) in [5.74, 6) is 0.827. The minimum atomic E-state index is 0.827. The standard InChI is InChI=1S/C18H16.C5H11Cl/c1-3-7-15-13(5-1)9-11-18-16-8-4-2-6-14(16)10-12-17(15)18;1-2-3-4-5-6/h1,3,5,7,9-12H,2,4,6,8H2;2-5H2,1H3. The molecule has 1 aliphatic rings. The van der Waals surface area contributed by atoms with E-state index in [1.165, 1.54) is 66.5 Å². The van der Waals surface area contributed by atoms with Crippen molar-refractivity contribution >= 4 is 33.1 Å². The Morgan fingerprint density at radius 2 is 1.58 bits per heavy atom. The summed E-state index contributed by atoms with van der Waals surface area (Å²) in [5.41, 5.74) is 3.17. The molecule has 0 radical (unpaired) electrons. The quantitative estimate of drug-likeness (QED) is 0.267. The second kappa shape index (κ2) is 8.53. The zero-order valence-corrected chi connectivity index (χ0v) is 15.4. The third-order valence-electron chi connectivity index (χ3n) is 4.99. The van der Waals surface area contributed by atoms with Gasteiger partial charge in [0, 0.05) is 5.88 Å². The number of hydrogen-bond donors (Lipinski definition) is 0. The first-order valence-electron chi connectivity index (χ1n) is 9.33. The lowest BCUT2D eigenvalue weighted by molar-refractivity contribution is 0.690. The van der Waals surface area contributed by atoms with Gasteiger partial charge in [0.2, 0.25) is 0 Å². The molecule has 0 spiro atoms. The van der Waals surface area contributed by atoms with Crippen LogP contribution in [0.4, 0.5) is 0 Å². The maximum Gasteiger partial charge on any atom is 0.0223 e.